The van der Waals surface area contributed by atoms with Gasteiger partial charge in [-0.05, 0) is 38.6 Å². The third-order valence-electron chi connectivity index (χ3n) is 3.85. The molecule has 2 aliphatic heterocycles. The highest BCUT2D eigenvalue weighted by molar-refractivity contribution is 7.89. The normalized spacial score (nSPS) is 25.5. The zero-order chi connectivity index (χ0) is 15.1. The molecule has 2 aliphatic rings. The quantitative estimate of drug-likeness (QED) is 0.586. The van der Waals surface area contributed by atoms with Crippen LogP contribution in [0.4, 0.5) is 0 Å². The smallest absolute Gasteiger partial charge is 0.237 e. The fourth-order valence-electron chi connectivity index (χ4n) is 2.60. The van der Waals surface area contributed by atoms with Gasteiger partial charge in [0.15, 0.2) is 0 Å². The molecule has 3 N–H and O–H groups in total. The van der Waals surface area contributed by atoms with Gasteiger partial charge in [-0.1, -0.05) is 0 Å². The Bertz CT molecular complexity index is 435. The Hall–Kier alpha value is -0.410. The Balaban J connectivity index is 0.00000242. The van der Waals surface area contributed by atoms with Gasteiger partial charge in [-0.2, -0.15) is 0 Å². The van der Waals surface area contributed by atoms with Crippen LogP contribution in [0.3, 0.4) is 0 Å². The summed E-state index contributed by atoms with van der Waals surface area (Å²) in [7, 11) is -3.37. The van der Waals surface area contributed by atoms with E-state index in [4.69, 9.17) is 4.74 Å². The second-order valence-corrected chi connectivity index (χ2v) is 7.52. The Morgan fingerprint density at radius 2 is 2.05 bits per heavy atom. The average molecular weight is 356 g/mol. The average Bonchev–Trinajstić information content (AvgIpc) is 3.00. The topological polar surface area (TPSA) is 96.5 Å². The van der Waals surface area contributed by atoms with Crippen molar-refractivity contribution in [3.8, 4) is 0 Å². The van der Waals surface area contributed by atoms with E-state index >= 15 is 0 Å². The van der Waals surface area contributed by atoms with Crippen molar-refractivity contribution in [2.75, 3.05) is 32.0 Å². The van der Waals surface area contributed by atoms with Gasteiger partial charge in [0.2, 0.25) is 15.9 Å². The summed E-state index contributed by atoms with van der Waals surface area (Å²) in [6.45, 7) is 2.01. The Kier molecular flexibility index (Phi) is 8.63. The molecule has 0 aliphatic carbocycles. The van der Waals surface area contributed by atoms with Crippen molar-refractivity contribution in [3.05, 3.63) is 0 Å². The van der Waals surface area contributed by atoms with E-state index in [1.165, 1.54) is 0 Å². The minimum Gasteiger partial charge on any atom is -0.377 e. The summed E-state index contributed by atoms with van der Waals surface area (Å²) in [6, 6.07) is -0.170. The molecule has 130 valence electrons. The van der Waals surface area contributed by atoms with E-state index in [-0.39, 0.29) is 42.8 Å². The molecule has 0 radical (unpaired) electrons. The van der Waals surface area contributed by atoms with Crippen molar-refractivity contribution in [2.45, 2.75) is 44.2 Å². The molecule has 2 heterocycles. The van der Waals surface area contributed by atoms with Crippen molar-refractivity contribution in [2.24, 2.45) is 0 Å². The Labute approximate surface area is 138 Å². The molecule has 0 aromatic heterocycles. The molecule has 2 fully saturated rings. The second kappa shape index (κ2) is 9.67. The van der Waals surface area contributed by atoms with Crippen LogP contribution < -0.4 is 15.4 Å². The molecule has 0 aromatic rings. The van der Waals surface area contributed by atoms with Crippen molar-refractivity contribution in [1.29, 1.82) is 0 Å². The zero-order valence-electron chi connectivity index (χ0n) is 12.7. The van der Waals surface area contributed by atoms with Gasteiger partial charge in [-0.3, -0.25) is 4.79 Å². The summed E-state index contributed by atoms with van der Waals surface area (Å²) in [4.78, 5) is 11.7. The van der Waals surface area contributed by atoms with Crippen LogP contribution in [0.1, 0.15) is 32.1 Å². The fourth-order valence-corrected chi connectivity index (χ4v) is 3.56. The van der Waals surface area contributed by atoms with Crippen LogP contribution in [0.2, 0.25) is 0 Å². The molecule has 2 saturated heterocycles. The van der Waals surface area contributed by atoms with Crippen molar-refractivity contribution in [3.63, 3.8) is 0 Å². The lowest BCUT2D eigenvalue weighted by atomic mass is 10.1. The maximum Gasteiger partial charge on any atom is 0.237 e. The predicted octanol–water partition coefficient (Wildman–Crippen LogP) is -0.235. The van der Waals surface area contributed by atoms with Gasteiger partial charge in [0.1, 0.15) is 0 Å². The van der Waals surface area contributed by atoms with E-state index in [2.05, 4.69) is 15.4 Å². The summed E-state index contributed by atoms with van der Waals surface area (Å²) in [5, 5.41) is 5.75. The molecular weight excluding hydrogens is 330 g/mol. The molecular formula is C13H26ClN3O4S. The van der Waals surface area contributed by atoms with E-state index in [1.807, 2.05) is 0 Å². The van der Waals surface area contributed by atoms with Gasteiger partial charge in [0.25, 0.3) is 0 Å². The summed E-state index contributed by atoms with van der Waals surface area (Å²) >= 11 is 0. The number of hydrogen-bond acceptors (Lipinski definition) is 5. The molecule has 0 saturated carbocycles. The standard InChI is InChI=1S/C13H25N3O4S.ClH/c17-13(12-5-3-6-14-12)15-7-9-21(18,19)16-10-11-4-1-2-8-20-11;/h11-12,14,16H,1-10H2,(H,15,17);1H. The van der Waals surface area contributed by atoms with Crippen LogP contribution in [0, 0.1) is 0 Å². The molecule has 0 spiro atoms. The number of amides is 1. The van der Waals surface area contributed by atoms with Gasteiger partial charge in [-0.25, -0.2) is 13.1 Å². The Morgan fingerprint density at radius 3 is 2.68 bits per heavy atom. The van der Waals surface area contributed by atoms with E-state index < -0.39 is 10.0 Å². The molecule has 9 heteroatoms. The number of carbonyl (C=O) groups excluding carboxylic acids is 1. The van der Waals surface area contributed by atoms with Crippen molar-refractivity contribution >= 4 is 28.3 Å². The van der Waals surface area contributed by atoms with E-state index in [0.29, 0.717) is 13.2 Å². The highest BCUT2D eigenvalue weighted by atomic mass is 35.5. The molecule has 2 rings (SSSR count). The number of hydrogen-bond donors (Lipinski definition) is 3. The number of carbonyl (C=O) groups is 1. The van der Waals surface area contributed by atoms with Gasteiger partial charge >= 0.3 is 0 Å². The van der Waals surface area contributed by atoms with Crippen LogP contribution >= 0.6 is 12.4 Å². The fraction of sp³-hybridized carbons (Fsp3) is 0.923. The number of halogens is 1. The maximum absolute atomic E-state index is 11.8. The number of sulfonamides is 1. The zero-order valence-corrected chi connectivity index (χ0v) is 14.3. The van der Waals surface area contributed by atoms with Crippen LogP contribution in [0.15, 0.2) is 0 Å². The van der Waals surface area contributed by atoms with Crippen molar-refractivity contribution < 1.29 is 17.9 Å². The summed E-state index contributed by atoms with van der Waals surface area (Å²) < 4.78 is 31.7. The van der Waals surface area contributed by atoms with Crippen LogP contribution in [-0.2, 0) is 19.6 Å². The first-order valence-electron chi connectivity index (χ1n) is 7.67. The molecule has 1 amide bonds. The maximum atomic E-state index is 11.8. The predicted molar refractivity (Wildman–Crippen MR) is 86.7 cm³/mol. The molecule has 0 bridgehead atoms. The Morgan fingerprint density at radius 1 is 1.23 bits per heavy atom. The molecule has 7 nitrogen and oxygen atoms in total. The third kappa shape index (κ3) is 6.78. The van der Waals surface area contributed by atoms with Crippen molar-refractivity contribution in [1.82, 2.24) is 15.4 Å². The van der Waals surface area contributed by atoms with Gasteiger partial charge in [0, 0.05) is 19.7 Å². The van der Waals surface area contributed by atoms with Gasteiger partial charge in [0.05, 0.1) is 17.9 Å². The van der Waals surface area contributed by atoms with Crippen LogP contribution in [0.25, 0.3) is 0 Å². The monoisotopic (exact) mass is 355 g/mol. The lowest BCUT2D eigenvalue weighted by Crippen LogP contribution is -2.43. The third-order valence-corrected chi connectivity index (χ3v) is 5.20. The highest BCUT2D eigenvalue weighted by Crippen LogP contribution is 2.11. The van der Waals surface area contributed by atoms with Crippen LogP contribution in [-0.4, -0.2) is 58.5 Å². The minimum absolute atomic E-state index is 0. The number of ether oxygens (including phenoxy) is 1. The molecule has 0 aromatic carbocycles. The number of rotatable bonds is 7. The van der Waals surface area contributed by atoms with E-state index in [1.54, 1.807) is 0 Å². The summed E-state index contributed by atoms with van der Waals surface area (Å²) in [5.41, 5.74) is 0. The summed E-state index contributed by atoms with van der Waals surface area (Å²) in [6.07, 6.45) is 4.80. The lowest BCUT2D eigenvalue weighted by molar-refractivity contribution is -0.122. The van der Waals surface area contributed by atoms with E-state index in [0.717, 1.165) is 38.6 Å². The second-order valence-electron chi connectivity index (χ2n) is 5.60. The molecule has 22 heavy (non-hydrogen) atoms. The SMILES string of the molecule is Cl.O=C(NCCS(=O)(=O)NCC1CCCCO1)C1CCCN1. The van der Waals surface area contributed by atoms with Gasteiger partial charge in [-0.15, -0.1) is 12.4 Å². The highest BCUT2D eigenvalue weighted by Gasteiger charge is 2.22. The van der Waals surface area contributed by atoms with E-state index in [9.17, 15) is 13.2 Å². The van der Waals surface area contributed by atoms with Crippen LogP contribution in [0.5, 0.6) is 0 Å². The van der Waals surface area contributed by atoms with Gasteiger partial charge < -0.3 is 15.4 Å². The summed E-state index contributed by atoms with van der Waals surface area (Å²) in [5.74, 6) is -0.212. The number of nitrogens with one attached hydrogen (secondary N) is 3. The lowest BCUT2D eigenvalue weighted by Gasteiger charge is -2.22. The first-order chi connectivity index (χ1) is 10.1. The minimum atomic E-state index is -3.37. The first kappa shape index (κ1) is 19.6. The molecule has 2 atom stereocenters. The largest absolute Gasteiger partial charge is 0.377 e. The first-order valence-corrected chi connectivity index (χ1v) is 9.32. The molecule has 2 unspecified atom stereocenters.